The number of ether oxygens (including phenoxy) is 1. The highest BCUT2D eigenvalue weighted by molar-refractivity contribution is 6.31. The van der Waals surface area contributed by atoms with Crippen molar-refractivity contribution in [1.82, 2.24) is 5.43 Å². The first kappa shape index (κ1) is 16.9. The van der Waals surface area contributed by atoms with Gasteiger partial charge in [-0.2, -0.15) is 5.10 Å². The van der Waals surface area contributed by atoms with Gasteiger partial charge in [0.2, 0.25) is 0 Å². The maximum Gasteiger partial charge on any atom is 0.277 e. The molecule has 0 atom stereocenters. The molecule has 0 aromatic heterocycles. The van der Waals surface area contributed by atoms with Crippen LogP contribution in [-0.4, -0.2) is 18.7 Å². The monoisotopic (exact) mass is 338 g/mol. The molecule has 0 saturated carbocycles. The fourth-order valence-corrected chi connectivity index (χ4v) is 1.78. The molecular formula is C16H13ClF2N2O2. The van der Waals surface area contributed by atoms with Gasteiger partial charge in [0, 0.05) is 5.02 Å². The number of amides is 1. The molecule has 0 radical (unpaired) electrons. The van der Waals surface area contributed by atoms with Gasteiger partial charge >= 0.3 is 0 Å². The minimum atomic E-state index is -0.985. The first-order valence-electron chi connectivity index (χ1n) is 6.61. The number of hydrogen-bond acceptors (Lipinski definition) is 3. The summed E-state index contributed by atoms with van der Waals surface area (Å²) in [4.78, 5) is 11.6. The van der Waals surface area contributed by atoms with Crippen LogP contribution in [-0.2, 0) is 4.79 Å². The van der Waals surface area contributed by atoms with Gasteiger partial charge in [0.1, 0.15) is 5.75 Å². The highest BCUT2D eigenvalue weighted by Crippen LogP contribution is 2.20. The molecule has 0 aliphatic heterocycles. The van der Waals surface area contributed by atoms with Crippen LogP contribution in [0.15, 0.2) is 41.5 Å². The second-order valence-electron chi connectivity index (χ2n) is 4.67. The first-order valence-corrected chi connectivity index (χ1v) is 6.99. The van der Waals surface area contributed by atoms with Crippen molar-refractivity contribution in [3.05, 3.63) is 64.2 Å². The van der Waals surface area contributed by atoms with Crippen molar-refractivity contribution in [2.45, 2.75) is 6.92 Å². The van der Waals surface area contributed by atoms with E-state index in [4.69, 9.17) is 16.3 Å². The molecule has 1 N–H and O–H groups in total. The zero-order valence-corrected chi connectivity index (χ0v) is 12.9. The number of halogens is 3. The van der Waals surface area contributed by atoms with Gasteiger partial charge in [-0.3, -0.25) is 4.79 Å². The lowest BCUT2D eigenvalue weighted by molar-refractivity contribution is -0.123. The van der Waals surface area contributed by atoms with Crippen molar-refractivity contribution < 1.29 is 18.3 Å². The third-order valence-corrected chi connectivity index (χ3v) is 3.27. The number of rotatable bonds is 5. The molecule has 0 aliphatic carbocycles. The summed E-state index contributed by atoms with van der Waals surface area (Å²) < 4.78 is 31.0. The normalized spacial score (nSPS) is 10.8. The van der Waals surface area contributed by atoms with Gasteiger partial charge in [-0.25, -0.2) is 14.2 Å². The number of hydrogen-bond donors (Lipinski definition) is 1. The molecule has 7 heteroatoms. The predicted octanol–water partition coefficient (Wildman–Crippen LogP) is 3.46. The number of nitrogens with one attached hydrogen (secondary N) is 1. The first-order chi connectivity index (χ1) is 11.0. The van der Waals surface area contributed by atoms with Gasteiger partial charge < -0.3 is 4.74 Å². The van der Waals surface area contributed by atoms with Gasteiger partial charge in [-0.05, 0) is 48.4 Å². The van der Waals surface area contributed by atoms with E-state index in [1.54, 1.807) is 18.2 Å². The van der Waals surface area contributed by atoms with Crippen LogP contribution in [0.5, 0.6) is 5.75 Å². The highest BCUT2D eigenvalue weighted by Gasteiger charge is 2.04. The Kier molecular flexibility index (Phi) is 5.65. The van der Waals surface area contributed by atoms with E-state index in [1.165, 1.54) is 12.3 Å². The van der Waals surface area contributed by atoms with Gasteiger partial charge in [-0.15, -0.1) is 0 Å². The van der Waals surface area contributed by atoms with Gasteiger partial charge in [-0.1, -0.05) is 17.7 Å². The minimum absolute atomic E-state index is 0.240. The number of aryl methyl sites for hydroxylation is 1. The molecule has 0 spiro atoms. The SMILES string of the molecule is Cc1cc(OCC(=O)N/N=C\c2ccc(F)c(F)c2)ccc1Cl. The highest BCUT2D eigenvalue weighted by atomic mass is 35.5. The molecule has 120 valence electrons. The second-order valence-corrected chi connectivity index (χ2v) is 5.07. The molecule has 0 fully saturated rings. The topological polar surface area (TPSA) is 50.7 Å². The average Bonchev–Trinajstić information content (AvgIpc) is 2.52. The number of carbonyl (C=O) groups is 1. The summed E-state index contributed by atoms with van der Waals surface area (Å²) >= 11 is 5.89. The average molecular weight is 339 g/mol. The van der Waals surface area contributed by atoms with Gasteiger partial charge in [0.05, 0.1) is 6.21 Å². The van der Waals surface area contributed by atoms with Crippen LogP contribution in [0.2, 0.25) is 5.02 Å². The molecule has 2 aromatic rings. The van der Waals surface area contributed by atoms with Crippen LogP contribution in [0, 0.1) is 18.6 Å². The molecule has 0 aliphatic rings. The summed E-state index contributed by atoms with van der Waals surface area (Å²) in [6.45, 7) is 1.58. The fourth-order valence-electron chi connectivity index (χ4n) is 1.66. The Balaban J connectivity index is 1.83. The Labute approximate surface area is 136 Å². The zero-order valence-electron chi connectivity index (χ0n) is 12.1. The fraction of sp³-hybridized carbons (Fsp3) is 0.125. The van der Waals surface area contributed by atoms with E-state index < -0.39 is 17.5 Å². The quantitative estimate of drug-likeness (QED) is 0.670. The smallest absolute Gasteiger partial charge is 0.277 e. The lowest BCUT2D eigenvalue weighted by Gasteiger charge is -2.06. The van der Waals surface area contributed by atoms with E-state index in [0.29, 0.717) is 16.3 Å². The zero-order chi connectivity index (χ0) is 16.8. The van der Waals surface area contributed by atoms with E-state index in [9.17, 15) is 13.6 Å². The van der Waals surface area contributed by atoms with Crippen molar-refractivity contribution >= 4 is 23.7 Å². The Bertz CT molecular complexity index is 751. The van der Waals surface area contributed by atoms with Crippen LogP contribution in [0.4, 0.5) is 8.78 Å². The van der Waals surface area contributed by atoms with Crippen molar-refractivity contribution in [3.8, 4) is 5.75 Å². The number of carbonyl (C=O) groups excluding carboxylic acids is 1. The van der Waals surface area contributed by atoms with E-state index in [2.05, 4.69) is 10.5 Å². The summed E-state index contributed by atoms with van der Waals surface area (Å²) in [6.07, 6.45) is 1.20. The lowest BCUT2D eigenvalue weighted by atomic mass is 10.2. The number of hydrazone groups is 1. The molecule has 23 heavy (non-hydrogen) atoms. The third kappa shape index (κ3) is 5.03. The van der Waals surface area contributed by atoms with Crippen molar-refractivity contribution in [1.29, 1.82) is 0 Å². The Morgan fingerprint density at radius 1 is 1.26 bits per heavy atom. The molecule has 0 bridgehead atoms. The molecule has 0 unspecified atom stereocenters. The predicted molar refractivity (Wildman–Crippen MR) is 83.8 cm³/mol. The van der Waals surface area contributed by atoms with Gasteiger partial charge in [0.25, 0.3) is 5.91 Å². The molecule has 2 aromatic carbocycles. The maximum absolute atomic E-state index is 13.0. The Morgan fingerprint density at radius 2 is 2.04 bits per heavy atom. The lowest BCUT2D eigenvalue weighted by Crippen LogP contribution is -2.24. The molecule has 0 heterocycles. The molecular weight excluding hydrogens is 326 g/mol. The van der Waals surface area contributed by atoms with Crippen LogP contribution >= 0.6 is 11.6 Å². The second kappa shape index (κ2) is 7.69. The summed E-state index contributed by atoms with van der Waals surface area (Å²) in [5.41, 5.74) is 3.38. The van der Waals surface area contributed by atoms with E-state index in [0.717, 1.165) is 17.7 Å². The molecule has 4 nitrogen and oxygen atoms in total. The van der Waals surface area contributed by atoms with Crippen LogP contribution < -0.4 is 10.2 Å². The van der Waals surface area contributed by atoms with Crippen molar-refractivity contribution in [3.63, 3.8) is 0 Å². The van der Waals surface area contributed by atoms with E-state index >= 15 is 0 Å². The summed E-state index contributed by atoms with van der Waals surface area (Å²) in [7, 11) is 0. The van der Waals surface area contributed by atoms with E-state index in [1.807, 2.05) is 6.92 Å². The third-order valence-electron chi connectivity index (χ3n) is 2.85. The summed E-state index contributed by atoms with van der Waals surface area (Å²) in [5, 5.41) is 4.25. The van der Waals surface area contributed by atoms with Crippen molar-refractivity contribution in [2.75, 3.05) is 6.61 Å². The van der Waals surface area contributed by atoms with Crippen molar-refractivity contribution in [2.24, 2.45) is 5.10 Å². The largest absolute Gasteiger partial charge is 0.484 e. The molecule has 0 saturated heterocycles. The molecule has 2 rings (SSSR count). The number of nitrogens with zero attached hydrogens (tertiary/aromatic N) is 1. The Hall–Kier alpha value is -2.47. The number of benzene rings is 2. The van der Waals surface area contributed by atoms with Crippen LogP contribution in [0.3, 0.4) is 0 Å². The minimum Gasteiger partial charge on any atom is -0.484 e. The summed E-state index contributed by atoms with van der Waals surface area (Å²) in [5.74, 6) is -1.91. The Morgan fingerprint density at radius 3 is 2.74 bits per heavy atom. The van der Waals surface area contributed by atoms with E-state index in [-0.39, 0.29) is 6.61 Å². The maximum atomic E-state index is 13.0. The summed E-state index contributed by atoms with van der Waals surface area (Å²) in [6, 6.07) is 8.31. The molecule has 1 amide bonds. The standard InChI is InChI=1S/C16H13ClF2N2O2/c1-10-6-12(3-4-13(10)17)23-9-16(22)21-20-8-11-2-5-14(18)15(19)7-11/h2-8H,9H2,1H3,(H,21,22)/b20-8-. The van der Waals surface area contributed by atoms with Crippen LogP contribution in [0.25, 0.3) is 0 Å². The van der Waals surface area contributed by atoms with Gasteiger partial charge in [0.15, 0.2) is 18.2 Å². The van der Waals surface area contributed by atoms with Crippen LogP contribution in [0.1, 0.15) is 11.1 Å².